The third-order valence-electron chi connectivity index (χ3n) is 2.40. The highest BCUT2D eigenvalue weighted by atomic mass is 19.4. The molecule has 0 saturated carbocycles. The Morgan fingerprint density at radius 3 is 2.58 bits per heavy atom. The lowest BCUT2D eigenvalue weighted by atomic mass is 10.0. The van der Waals surface area contributed by atoms with Gasteiger partial charge in [-0.05, 0) is 24.1 Å². The Balaban J connectivity index is 2.74. The smallest absolute Gasteiger partial charge is 0.389 e. The van der Waals surface area contributed by atoms with E-state index in [0.29, 0.717) is 5.56 Å². The van der Waals surface area contributed by atoms with Crippen molar-refractivity contribution >= 4 is 5.97 Å². The minimum absolute atomic E-state index is 0.0562. The van der Waals surface area contributed by atoms with Crippen LogP contribution in [0.5, 0.6) is 11.5 Å². The molecule has 19 heavy (non-hydrogen) atoms. The Bertz CT molecular complexity index is 460. The molecule has 0 aliphatic carbocycles. The van der Waals surface area contributed by atoms with Crippen molar-refractivity contribution in [2.75, 3.05) is 0 Å². The summed E-state index contributed by atoms with van der Waals surface area (Å²) < 4.78 is 40.9. The van der Waals surface area contributed by atoms with E-state index in [9.17, 15) is 23.1 Å². The summed E-state index contributed by atoms with van der Waals surface area (Å²) in [6, 6.07) is 3.05. The van der Waals surface area contributed by atoms with Gasteiger partial charge in [0.2, 0.25) is 0 Å². The fourth-order valence-electron chi connectivity index (χ4n) is 1.49. The lowest BCUT2D eigenvalue weighted by Crippen LogP contribution is -2.15. The highest BCUT2D eigenvalue weighted by Crippen LogP contribution is 2.31. The van der Waals surface area contributed by atoms with Gasteiger partial charge in [0.15, 0.2) is 11.5 Å². The first kappa shape index (κ1) is 15.3. The second kappa shape index (κ2) is 5.92. The molecular weight excluding hydrogens is 263 g/mol. The molecule has 106 valence electrons. The fourth-order valence-corrected chi connectivity index (χ4v) is 1.49. The van der Waals surface area contributed by atoms with Crippen LogP contribution in [0.2, 0.25) is 0 Å². The number of carbonyl (C=O) groups excluding carboxylic acids is 1. The molecule has 0 heterocycles. The number of benzene rings is 1. The van der Waals surface area contributed by atoms with E-state index < -0.39 is 24.6 Å². The molecule has 1 aromatic carbocycles. The average molecular weight is 277 g/mol. The van der Waals surface area contributed by atoms with E-state index in [0.717, 1.165) is 0 Å². The van der Waals surface area contributed by atoms with Crippen LogP contribution in [0.4, 0.5) is 13.2 Å². The van der Waals surface area contributed by atoms with Crippen LogP contribution in [-0.2, 0) is 4.79 Å². The summed E-state index contributed by atoms with van der Waals surface area (Å²) in [6.45, 7) is 1.17. The Morgan fingerprint density at radius 1 is 1.47 bits per heavy atom. The topological polar surface area (TPSA) is 72.5 Å². The first-order chi connectivity index (χ1) is 8.69. The van der Waals surface area contributed by atoms with Gasteiger partial charge in [0.1, 0.15) is 0 Å². The molecule has 0 spiro atoms. The van der Waals surface area contributed by atoms with Crippen molar-refractivity contribution in [1.29, 1.82) is 0 Å². The van der Waals surface area contributed by atoms with E-state index in [1.807, 2.05) is 0 Å². The molecule has 0 radical (unpaired) electrons. The first-order valence-corrected chi connectivity index (χ1v) is 5.52. The summed E-state index contributed by atoms with van der Waals surface area (Å²) >= 11 is 0. The molecule has 4 nitrogen and oxygen atoms in total. The summed E-state index contributed by atoms with van der Waals surface area (Å²) in [5, 5.41) is 9.56. The van der Waals surface area contributed by atoms with Gasteiger partial charge < -0.3 is 15.6 Å². The molecule has 1 atom stereocenters. The normalized spacial score (nSPS) is 13.1. The maximum Gasteiger partial charge on any atom is 0.389 e. The molecule has 0 fully saturated rings. The molecule has 3 N–H and O–H groups in total. The Kier molecular flexibility index (Phi) is 4.77. The van der Waals surface area contributed by atoms with Gasteiger partial charge in [0, 0.05) is 19.4 Å². The predicted octanol–water partition coefficient (Wildman–Crippen LogP) is 2.66. The van der Waals surface area contributed by atoms with Crippen LogP contribution in [0.3, 0.4) is 0 Å². The second-order valence-corrected chi connectivity index (χ2v) is 4.08. The number of aromatic hydroxyl groups is 1. The maximum absolute atomic E-state index is 12.1. The van der Waals surface area contributed by atoms with Gasteiger partial charge in [-0.25, -0.2) is 0 Å². The van der Waals surface area contributed by atoms with Crippen molar-refractivity contribution in [1.82, 2.24) is 0 Å². The Morgan fingerprint density at radius 2 is 2.11 bits per heavy atom. The summed E-state index contributed by atoms with van der Waals surface area (Å²) in [7, 11) is 0. The zero-order chi connectivity index (χ0) is 14.6. The van der Waals surface area contributed by atoms with Crippen LogP contribution in [0.15, 0.2) is 18.2 Å². The van der Waals surface area contributed by atoms with Gasteiger partial charge in [-0.3, -0.25) is 4.79 Å². The molecule has 0 saturated heterocycles. The van der Waals surface area contributed by atoms with Gasteiger partial charge in [-0.15, -0.1) is 0 Å². The number of hydrogen-bond donors (Lipinski definition) is 2. The second-order valence-electron chi connectivity index (χ2n) is 4.08. The number of alkyl halides is 3. The molecular formula is C12H14F3NO3. The van der Waals surface area contributed by atoms with Gasteiger partial charge in [-0.2, -0.15) is 13.2 Å². The van der Waals surface area contributed by atoms with Crippen molar-refractivity contribution in [3.63, 3.8) is 0 Å². The van der Waals surface area contributed by atoms with E-state index in [4.69, 9.17) is 5.73 Å². The third-order valence-corrected chi connectivity index (χ3v) is 2.40. The molecule has 0 aromatic heterocycles. The molecule has 0 aliphatic heterocycles. The Labute approximate surface area is 108 Å². The first-order valence-electron chi connectivity index (χ1n) is 5.52. The number of phenols is 1. The number of nitrogens with two attached hydrogens (primary N) is 1. The Hall–Kier alpha value is -1.76. The van der Waals surface area contributed by atoms with Crippen LogP contribution in [-0.4, -0.2) is 17.3 Å². The SMILES string of the molecule is CC(=O)Oc1ccc([C@@H](N)CCC(F)(F)F)cc1O. The molecule has 0 unspecified atom stereocenters. The monoisotopic (exact) mass is 277 g/mol. The lowest BCUT2D eigenvalue weighted by molar-refractivity contribution is -0.136. The van der Waals surface area contributed by atoms with E-state index >= 15 is 0 Å². The largest absolute Gasteiger partial charge is 0.504 e. The number of halogens is 3. The van der Waals surface area contributed by atoms with Crippen LogP contribution in [0.25, 0.3) is 0 Å². The lowest BCUT2D eigenvalue weighted by Gasteiger charge is -2.14. The van der Waals surface area contributed by atoms with Crippen molar-refractivity contribution in [2.24, 2.45) is 5.73 Å². The highest BCUT2D eigenvalue weighted by molar-refractivity contribution is 5.70. The molecule has 1 rings (SSSR count). The van der Waals surface area contributed by atoms with Crippen LogP contribution >= 0.6 is 0 Å². The highest BCUT2D eigenvalue weighted by Gasteiger charge is 2.28. The summed E-state index contributed by atoms with van der Waals surface area (Å²) in [4.78, 5) is 10.7. The maximum atomic E-state index is 12.1. The minimum atomic E-state index is -4.27. The van der Waals surface area contributed by atoms with Crippen molar-refractivity contribution < 1.29 is 27.8 Å². The summed E-state index contributed by atoms with van der Waals surface area (Å²) in [6.07, 6.45) is -5.55. The zero-order valence-electron chi connectivity index (χ0n) is 10.2. The molecule has 1 aromatic rings. The number of hydrogen-bond acceptors (Lipinski definition) is 4. The summed E-state index contributed by atoms with van der Waals surface area (Å²) in [5.74, 6) is -1.00. The molecule has 0 aliphatic rings. The number of ether oxygens (including phenoxy) is 1. The van der Waals surface area contributed by atoms with Crippen molar-refractivity contribution in [2.45, 2.75) is 32.0 Å². The van der Waals surface area contributed by atoms with Crippen molar-refractivity contribution in [3.05, 3.63) is 23.8 Å². The standard InChI is InChI=1S/C12H14F3NO3/c1-7(17)19-11-3-2-8(6-10(11)18)9(16)4-5-12(13,14)15/h2-3,6,9,18H,4-5,16H2,1H3/t9-/m0/s1. The molecule has 7 heteroatoms. The zero-order valence-corrected chi connectivity index (χ0v) is 10.2. The van der Waals surface area contributed by atoms with Gasteiger partial charge >= 0.3 is 12.1 Å². The van der Waals surface area contributed by atoms with E-state index in [1.54, 1.807) is 0 Å². The fraction of sp³-hybridized carbons (Fsp3) is 0.417. The average Bonchev–Trinajstić information content (AvgIpc) is 2.27. The number of esters is 1. The van der Waals surface area contributed by atoms with Crippen LogP contribution in [0.1, 0.15) is 31.4 Å². The van der Waals surface area contributed by atoms with E-state index in [-0.39, 0.29) is 17.9 Å². The predicted molar refractivity (Wildman–Crippen MR) is 61.6 cm³/mol. The number of phenolic OH excluding ortho intramolecular Hbond substituents is 1. The summed E-state index contributed by atoms with van der Waals surface area (Å²) in [5.41, 5.74) is 5.95. The van der Waals surface area contributed by atoms with E-state index in [1.165, 1.54) is 25.1 Å². The third kappa shape index (κ3) is 5.17. The number of rotatable bonds is 4. The van der Waals surface area contributed by atoms with Gasteiger partial charge in [0.05, 0.1) is 0 Å². The van der Waals surface area contributed by atoms with Gasteiger partial charge in [-0.1, -0.05) is 6.07 Å². The van der Waals surface area contributed by atoms with Crippen LogP contribution < -0.4 is 10.5 Å². The quantitative estimate of drug-likeness (QED) is 0.655. The van der Waals surface area contributed by atoms with Crippen LogP contribution in [0, 0.1) is 0 Å². The van der Waals surface area contributed by atoms with Crippen molar-refractivity contribution in [3.8, 4) is 11.5 Å². The minimum Gasteiger partial charge on any atom is -0.504 e. The van der Waals surface area contributed by atoms with E-state index in [2.05, 4.69) is 4.74 Å². The number of carbonyl (C=O) groups is 1. The molecule has 0 bridgehead atoms. The molecule has 0 amide bonds. The van der Waals surface area contributed by atoms with Gasteiger partial charge in [0.25, 0.3) is 0 Å².